The van der Waals surface area contributed by atoms with Gasteiger partial charge >= 0.3 is 17.9 Å². The number of cyclic esters (lactones) is 2. The summed E-state index contributed by atoms with van der Waals surface area (Å²) in [4.78, 5) is 73.7. The van der Waals surface area contributed by atoms with Gasteiger partial charge in [0, 0.05) is 49.2 Å². The minimum absolute atomic E-state index is 0. The van der Waals surface area contributed by atoms with E-state index in [2.05, 4.69) is 39.3 Å². The third-order valence-electron chi connectivity index (χ3n) is 14.5. The molecule has 18 heteroatoms. The van der Waals surface area contributed by atoms with Gasteiger partial charge in [0.05, 0.1) is 64.6 Å². The zero-order chi connectivity index (χ0) is 51.8. The molecule has 16 nitrogen and oxygen atoms in total. The van der Waals surface area contributed by atoms with Gasteiger partial charge in [-0.25, -0.2) is 24.4 Å². The Hall–Kier alpha value is -6.48. The molecule has 74 heavy (non-hydrogen) atoms. The summed E-state index contributed by atoms with van der Waals surface area (Å²) in [6, 6.07) is 16.3. The summed E-state index contributed by atoms with van der Waals surface area (Å²) in [5.41, 5.74) is 5.21. The highest BCUT2D eigenvalue weighted by atomic mass is 28.3. The van der Waals surface area contributed by atoms with Crippen molar-refractivity contribution in [1.82, 2.24) is 19.1 Å². The van der Waals surface area contributed by atoms with Crippen LogP contribution in [0, 0.1) is 0 Å². The van der Waals surface area contributed by atoms with Crippen LogP contribution in [0.4, 0.5) is 0 Å². The summed E-state index contributed by atoms with van der Waals surface area (Å²) >= 11 is 0. The minimum atomic E-state index is -1.87. The van der Waals surface area contributed by atoms with Crippen LogP contribution in [-0.2, 0) is 78.9 Å². The molecule has 0 aliphatic carbocycles. The van der Waals surface area contributed by atoms with Gasteiger partial charge in [-0.1, -0.05) is 80.1 Å². The lowest BCUT2D eigenvalue weighted by molar-refractivity contribution is -0.172. The van der Waals surface area contributed by atoms with Crippen LogP contribution in [0.5, 0.6) is 11.5 Å². The van der Waals surface area contributed by atoms with Crippen molar-refractivity contribution < 1.29 is 48.7 Å². The number of pyridine rings is 4. The molecule has 394 valence electrons. The standard InChI is InChI=1S/C29H34N2O7Si.C25H28N2O5Si.2CH4/c1-6-29(35)22-13-24-26-20(14-31(24)27(33)21(22)15-38-28(29)34)18(10-11-39(3,4)5)19-12-17(8-9-23(19)30-26)37-16-25(32)36-7-2;1-5-25(31)19-11-21-22-17(12-27(21)23(29)18(19)13-32-24(25)30)15(8-9-33(2,3)4)16-10-14(28)6-7-20(16)26-22;;/h8-9,12-13,35H,6-7,10-11,14-16H2,1-5H3;6-7,10-11,28,31H,5,8-9,12-13H2,1-4H3;2*1H4/t29-;25-;;/m00../s1. The van der Waals surface area contributed by atoms with E-state index >= 15 is 0 Å². The molecule has 0 saturated carbocycles. The Labute approximate surface area is 433 Å². The molecule has 0 spiro atoms. The fourth-order valence-corrected chi connectivity index (χ4v) is 12.3. The Bertz CT molecular complexity index is 3390. The van der Waals surface area contributed by atoms with Gasteiger partial charge in [0.25, 0.3) is 11.1 Å². The van der Waals surface area contributed by atoms with Crippen LogP contribution in [0.15, 0.2) is 58.1 Å². The van der Waals surface area contributed by atoms with Gasteiger partial charge < -0.3 is 43.4 Å². The van der Waals surface area contributed by atoms with Gasteiger partial charge in [-0.15, -0.1) is 0 Å². The van der Waals surface area contributed by atoms with E-state index in [0.29, 0.717) is 63.9 Å². The highest BCUT2D eigenvalue weighted by Crippen LogP contribution is 2.43. The van der Waals surface area contributed by atoms with E-state index in [9.17, 15) is 39.3 Å². The third-order valence-corrected chi connectivity index (χ3v) is 18.0. The number of nitrogens with zero attached hydrogens (tertiary/aromatic N) is 4. The number of aliphatic hydroxyl groups is 2. The van der Waals surface area contributed by atoms with Gasteiger partial charge in [-0.3, -0.25) is 9.59 Å². The number of ether oxygens (including phenoxy) is 4. The number of hydrogen-bond donors (Lipinski definition) is 3. The number of phenols is 1. The first-order valence-corrected chi connectivity index (χ1v) is 32.1. The van der Waals surface area contributed by atoms with Gasteiger partial charge in [-0.2, -0.15) is 0 Å². The number of carbonyl (C=O) groups is 3. The van der Waals surface area contributed by atoms with Crippen molar-refractivity contribution in [1.29, 1.82) is 0 Å². The first-order valence-electron chi connectivity index (χ1n) is 24.7. The van der Waals surface area contributed by atoms with Crippen LogP contribution in [0.2, 0.25) is 51.4 Å². The van der Waals surface area contributed by atoms with Crippen molar-refractivity contribution in [3.63, 3.8) is 0 Å². The zero-order valence-corrected chi connectivity index (χ0v) is 44.4. The normalized spacial score (nSPS) is 18.0. The van der Waals surface area contributed by atoms with E-state index in [4.69, 9.17) is 28.9 Å². The van der Waals surface area contributed by atoms with Crippen molar-refractivity contribution in [2.45, 2.75) is 150 Å². The van der Waals surface area contributed by atoms with Crippen molar-refractivity contribution in [2.24, 2.45) is 0 Å². The molecule has 0 amide bonds. The van der Waals surface area contributed by atoms with E-state index in [-0.39, 0.29) is 71.0 Å². The van der Waals surface area contributed by atoms with Crippen molar-refractivity contribution in [3.8, 4) is 34.3 Å². The van der Waals surface area contributed by atoms with Crippen LogP contribution < -0.4 is 15.9 Å². The fourth-order valence-electron chi connectivity index (χ4n) is 10.3. The molecule has 0 unspecified atom stereocenters. The lowest BCUT2D eigenvalue weighted by Crippen LogP contribution is -2.44. The summed E-state index contributed by atoms with van der Waals surface area (Å²) in [6.45, 7) is 19.6. The second-order valence-electron chi connectivity index (χ2n) is 21.6. The zero-order valence-electron chi connectivity index (χ0n) is 42.4. The number of esters is 3. The number of benzene rings is 2. The molecule has 4 aliphatic rings. The number of aryl methyl sites for hydroxylation is 2. The molecule has 0 radical (unpaired) electrons. The predicted molar refractivity (Wildman–Crippen MR) is 290 cm³/mol. The van der Waals surface area contributed by atoms with Crippen LogP contribution in [0.3, 0.4) is 0 Å². The Morgan fingerprint density at radius 3 is 1.54 bits per heavy atom. The maximum Gasteiger partial charge on any atom is 0.344 e. The second kappa shape index (κ2) is 20.3. The number of aromatic nitrogens is 4. The lowest BCUT2D eigenvalue weighted by Gasteiger charge is -2.31. The number of rotatable bonds is 12. The van der Waals surface area contributed by atoms with E-state index in [1.54, 1.807) is 66.3 Å². The van der Waals surface area contributed by atoms with Gasteiger partial charge in [0.2, 0.25) is 0 Å². The fraction of sp³-hybridized carbons (Fsp3) is 0.446. The van der Waals surface area contributed by atoms with Crippen molar-refractivity contribution in [3.05, 3.63) is 114 Å². The van der Waals surface area contributed by atoms with Gasteiger partial charge in [0.15, 0.2) is 17.8 Å². The second-order valence-corrected chi connectivity index (χ2v) is 32.9. The smallest absolute Gasteiger partial charge is 0.344 e. The van der Waals surface area contributed by atoms with E-state index < -0.39 is 45.3 Å². The first-order chi connectivity index (χ1) is 34.0. The van der Waals surface area contributed by atoms with Crippen LogP contribution in [-0.4, -0.2) is 81.7 Å². The Balaban J connectivity index is 0.000000213. The minimum Gasteiger partial charge on any atom is -0.508 e. The summed E-state index contributed by atoms with van der Waals surface area (Å²) in [6.07, 6.45) is 1.85. The highest BCUT2D eigenvalue weighted by Gasteiger charge is 2.47. The number of fused-ring (bicyclic) bond motifs is 10. The molecular weight excluding hydrogens is 977 g/mol. The predicted octanol–water partition coefficient (Wildman–Crippen LogP) is 8.84. The molecule has 4 aliphatic heterocycles. The Morgan fingerprint density at radius 1 is 0.662 bits per heavy atom. The average Bonchev–Trinajstić information content (AvgIpc) is 3.89. The Morgan fingerprint density at radius 2 is 1.11 bits per heavy atom. The first kappa shape index (κ1) is 55.3. The number of hydrogen-bond acceptors (Lipinski definition) is 14. The van der Waals surface area contributed by atoms with Gasteiger partial charge in [0.1, 0.15) is 24.7 Å². The summed E-state index contributed by atoms with van der Waals surface area (Å²) in [7, 11) is -2.78. The van der Waals surface area contributed by atoms with E-state index in [1.165, 1.54) is 0 Å². The number of carbonyl (C=O) groups excluding carboxylic acids is 3. The third kappa shape index (κ3) is 9.72. The summed E-state index contributed by atoms with van der Waals surface area (Å²) in [5.74, 6) is -1.17. The molecule has 2 atom stereocenters. The SMILES string of the molecule is C.C.CCOC(=O)COc1ccc2nc3c(c(CC[Si](C)(C)C)c2c1)Cn1c-3cc2c(c1=O)COC(=O)[C@]2(O)CC.CC[C@@]1(O)C(=O)OCc2c1cc1n(c2=O)Cc2c-1nc1ccc(O)cc1c2CC[Si](C)(C)C. The van der Waals surface area contributed by atoms with E-state index in [0.717, 1.165) is 69.0 Å². The molecule has 0 fully saturated rings. The molecule has 0 saturated heterocycles. The highest BCUT2D eigenvalue weighted by molar-refractivity contribution is 6.76. The quantitative estimate of drug-likeness (QED) is 0.0592. The number of aromatic hydroxyl groups is 1. The van der Waals surface area contributed by atoms with Crippen LogP contribution >= 0.6 is 0 Å². The average molecular weight is 1050 g/mol. The maximum atomic E-state index is 13.6. The van der Waals surface area contributed by atoms with Gasteiger partial charge in [-0.05, 0) is 92.3 Å². The lowest BCUT2D eigenvalue weighted by atomic mass is 9.86. The molecule has 6 aromatic rings. The largest absolute Gasteiger partial charge is 0.508 e. The molecule has 10 rings (SSSR count). The molecule has 4 aromatic heterocycles. The summed E-state index contributed by atoms with van der Waals surface area (Å²) in [5, 5.41) is 34.2. The molecule has 0 bridgehead atoms. The van der Waals surface area contributed by atoms with Crippen molar-refractivity contribution in [2.75, 3.05) is 13.2 Å². The monoisotopic (exact) mass is 1050 g/mol. The topological polar surface area (TPSA) is 219 Å². The molecular formula is C56H70N4O12Si2. The summed E-state index contributed by atoms with van der Waals surface area (Å²) < 4.78 is 24.4. The maximum absolute atomic E-state index is 13.6. The molecule has 2 aromatic carbocycles. The Kier molecular flexibility index (Phi) is 15.2. The van der Waals surface area contributed by atoms with E-state index in [1.807, 2.05) is 12.1 Å². The van der Waals surface area contributed by atoms with Crippen molar-refractivity contribution >= 4 is 55.9 Å². The van der Waals surface area contributed by atoms with Crippen LogP contribution in [0.25, 0.3) is 44.6 Å². The molecule has 8 heterocycles. The van der Waals surface area contributed by atoms with Crippen LogP contribution in [0.1, 0.15) is 93.0 Å². The molecule has 3 N–H and O–H groups in total. The number of phenolic OH excluding ortho intramolecular Hbond substituents is 1.